The van der Waals surface area contributed by atoms with E-state index in [2.05, 4.69) is 5.32 Å². The first-order valence-corrected chi connectivity index (χ1v) is 5.46. The van der Waals surface area contributed by atoms with Crippen molar-refractivity contribution in [2.75, 3.05) is 18.4 Å². The molecule has 1 saturated heterocycles. The molecular weight excluding hydrogens is 236 g/mol. The van der Waals surface area contributed by atoms with Crippen LogP contribution in [0, 0.1) is 5.92 Å². The van der Waals surface area contributed by atoms with E-state index < -0.39 is 23.7 Å². The van der Waals surface area contributed by atoms with Crippen LogP contribution in [0.4, 0.5) is 5.69 Å². The van der Waals surface area contributed by atoms with Gasteiger partial charge in [-0.1, -0.05) is 18.2 Å². The van der Waals surface area contributed by atoms with Crippen LogP contribution in [0.3, 0.4) is 0 Å². The smallest absolute Gasteiger partial charge is 0.313 e. The second-order valence-corrected chi connectivity index (χ2v) is 4.07. The minimum atomic E-state index is -0.942. The van der Waals surface area contributed by atoms with Crippen molar-refractivity contribution in [1.29, 1.82) is 0 Å². The van der Waals surface area contributed by atoms with Gasteiger partial charge in [0, 0.05) is 18.8 Å². The monoisotopic (exact) mass is 248 g/mol. The lowest BCUT2D eigenvalue weighted by molar-refractivity contribution is -0.156. The highest BCUT2D eigenvalue weighted by Gasteiger charge is 2.37. The highest BCUT2D eigenvalue weighted by atomic mass is 16.4. The molecule has 0 radical (unpaired) electrons. The van der Waals surface area contributed by atoms with E-state index in [9.17, 15) is 14.4 Å². The van der Waals surface area contributed by atoms with Crippen molar-refractivity contribution in [3.05, 3.63) is 30.3 Å². The number of carboxylic acids is 1. The summed E-state index contributed by atoms with van der Waals surface area (Å²) in [6, 6.07) is 8.61. The number of rotatable bonds is 2. The molecular formula is C12H12N2O4. The van der Waals surface area contributed by atoms with Crippen LogP contribution in [0.2, 0.25) is 0 Å². The maximum absolute atomic E-state index is 11.6. The van der Waals surface area contributed by atoms with Crippen LogP contribution in [0.5, 0.6) is 0 Å². The molecule has 0 atom stereocenters. The van der Waals surface area contributed by atoms with Crippen LogP contribution in [-0.4, -0.2) is 40.9 Å². The molecule has 6 nitrogen and oxygen atoms in total. The first kappa shape index (κ1) is 12.1. The van der Waals surface area contributed by atoms with Gasteiger partial charge in [-0.15, -0.1) is 0 Å². The Labute approximate surface area is 103 Å². The number of nitrogens with one attached hydrogen (secondary N) is 1. The molecule has 6 heteroatoms. The predicted molar refractivity (Wildman–Crippen MR) is 62.8 cm³/mol. The number of anilines is 1. The molecule has 1 aliphatic rings. The molecule has 1 aliphatic heterocycles. The number of aliphatic carboxylic acids is 1. The van der Waals surface area contributed by atoms with Gasteiger partial charge in [0.15, 0.2) is 0 Å². The van der Waals surface area contributed by atoms with Gasteiger partial charge in [-0.05, 0) is 12.1 Å². The zero-order chi connectivity index (χ0) is 13.1. The van der Waals surface area contributed by atoms with Gasteiger partial charge >= 0.3 is 17.8 Å². The van der Waals surface area contributed by atoms with E-state index >= 15 is 0 Å². The van der Waals surface area contributed by atoms with Gasteiger partial charge in [0.25, 0.3) is 0 Å². The molecule has 0 aromatic heterocycles. The number of benzene rings is 1. The molecule has 2 rings (SSSR count). The van der Waals surface area contributed by atoms with Crippen LogP contribution < -0.4 is 5.32 Å². The lowest BCUT2D eigenvalue weighted by Gasteiger charge is -2.35. The standard InChI is InChI=1S/C12H12N2O4/c15-10(13-9-4-2-1-3-5-9)11(16)14-6-8(7-14)12(17)18/h1-5,8H,6-7H2,(H,13,15)(H,17,18). The average Bonchev–Trinajstić information content (AvgIpc) is 2.27. The molecule has 1 aromatic rings. The van der Waals surface area contributed by atoms with Gasteiger partial charge in [-0.2, -0.15) is 0 Å². The minimum absolute atomic E-state index is 0.0936. The molecule has 18 heavy (non-hydrogen) atoms. The van der Waals surface area contributed by atoms with Gasteiger partial charge in [0.1, 0.15) is 0 Å². The van der Waals surface area contributed by atoms with E-state index in [1.807, 2.05) is 0 Å². The molecule has 1 aromatic carbocycles. The van der Waals surface area contributed by atoms with Crippen LogP contribution in [0.25, 0.3) is 0 Å². The molecule has 0 bridgehead atoms. The molecule has 2 N–H and O–H groups in total. The summed E-state index contributed by atoms with van der Waals surface area (Å²) >= 11 is 0. The Bertz CT molecular complexity index is 480. The lowest BCUT2D eigenvalue weighted by Crippen LogP contribution is -2.55. The van der Waals surface area contributed by atoms with Crippen molar-refractivity contribution >= 4 is 23.5 Å². The average molecular weight is 248 g/mol. The van der Waals surface area contributed by atoms with Crippen LogP contribution in [0.1, 0.15) is 0 Å². The van der Waals surface area contributed by atoms with Crippen molar-refractivity contribution in [2.45, 2.75) is 0 Å². The maximum atomic E-state index is 11.6. The topological polar surface area (TPSA) is 86.7 Å². The van der Waals surface area contributed by atoms with E-state index in [0.29, 0.717) is 5.69 Å². The number of nitrogens with zero attached hydrogens (tertiary/aromatic N) is 1. The summed E-state index contributed by atoms with van der Waals surface area (Å²) in [6.07, 6.45) is 0. The van der Waals surface area contributed by atoms with Crippen LogP contribution in [-0.2, 0) is 14.4 Å². The number of hydrogen-bond donors (Lipinski definition) is 2. The van der Waals surface area contributed by atoms with Crippen LogP contribution in [0.15, 0.2) is 30.3 Å². The summed E-state index contributed by atoms with van der Waals surface area (Å²) in [4.78, 5) is 35.0. The van der Waals surface area contributed by atoms with Gasteiger partial charge in [-0.25, -0.2) is 0 Å². The number of hydrogen-bond acceptors (Lipinski definition) is 3. The van der Waals surface area contributed by atoms with Gasteiger partial charge in [0.2, 0.25) is 0 Å². The van der Waals surface area contributed by atoms with Gasteiger partial charge < -0.3 is 15.3 Å². The van der Waals surface area contributed by atoms with Crippen molar-refractivity contribution in [3.63, 3.8) is 0 Å². The number of carbonyl (C=O) groups excluding carboxylic acids is 2. The third-order valence-electron chi connectivity index (χ3n) is 2.74. The summed E-state index contributed by atoms with van der Waals surface area (Å²) in [5.41, 5.74) is 0.533. The fourth-order valence-electron chi connectivity index (χ4n) is 1.65. The highest BCUT2D eigenvalue weighted by Crippen LogP contribution is 2.16. The summed E-state index contributed by atoms with van der Waals surface area (Å²) in [5.74, 6) is -2.94. The Morgan fingerprint density at radius 1 is 1.17 bits per heavy atom. The molecule has 1 fully saturated rings. The number of carbonyl (C=O) groups is 3. The van der Waals surface area contributed by atoms with Crippen molar-refractivity contribution in [3.8, 4) is 0 Å². The number of amides is 2. The number of likely N-dealkylation sites (tertiary alicyclic amines) is 1. The Balaban J connectivity index is 1.87. The Morgan fingerprint density at radius 3 is 2.33 bits per heavy atom. The fourth-order valence-corrected chi connectivity index (χ4v) is 1.65. The fraction of sp³-hybridized carbons (Fsp3) is 0.250. The van der Waals surface area contributed by atoms with E-state index in [-0.39, 0.29) is 13.1 Å². The molecule has 1 heterocycles. The summed E-state index contributed by atoms with van der Waals surface area (Å²) in [7, 11) is 0. The molecule has 0 unspecified atom stereocenters. The Kier molecular flexibility index (Phi) is 3.27. The summed E-state index contributed by atoms with van der Waals surface area (Å²) < 4.78 is 0. The molecule has 0 spiro atoms. The zero-order valence-electron chi connectivity index (χ0n) is 9.50. The summed E-state index contributed by atoms with van der Waals surface area (Å²) in [6.45, 7) is 0.187. The number of carboxylic acid groups (broad SMARTS) is 1. The number of para-hydroxylation sites is 1. The molecule has 0 aliphatic carbocycles. The quantitative estimate of drug-likeness (QED) is 0.730. The Hall–Kier alpha value is -2.37. The summed E-state index contributed by atoms with van der Waals surface area (Å²) in [5, 5.41) is 11.1. The lowest BCUT2D eigenvalue weighted by atomic mass is 10.0. The van der Waals surface area contributed by atoms with Crippen LogP contribution >= 0.6 is 0 Å². The van der Waals surface area contributed by atoms with Crippen molar-refractivity contribution < 1.29 is 19.5 Å². The SMILES string of the molecule is O=C(Nc1ccccc1)C(=O)N1CC(C(=O)O)C1. The molecule has 2 amide bonds. The van der Waals surface area contributed by atoms with Gasteiger partial charge in [-0.3, -0.25) is 14.4 Å². The normalized spacial score (nSPS) is 14.8. The largest absolute Gasteiger partial charge is 0.481 e. The van der Waals surface area contributed by atoms with Crippen molar-refractivity contribution in [2.24, 2.45) is 5.92 Å². The van der Waals surface area contributed by atoms with Crippen molar-refractivity contribution in [1.82, 2.24) is 4.90 Å². The van der Waals surface area contributed by atoms with E-state index in [4.69, 9.17) is 5.11 Å². The second kappa shape index (κ2) is 4.87. The predicted octanol–water partition coefficient (Wildman–Crippen LogP) is 0.168. The van der Waals surface area contributed by atoms with E-state index in [1.165, 1.54) is 4.90 Å². The van der Waals surface area contributed by atoms with Gasteiger partial charge in [0.05, 0.1) is 5.92 Å². The zero-order valence-corrected chi connectivity index (χ0v) is 9.50. The third-order valence-corrected chi connectivity index (χ3v) is 2.74. The van der Waals surface area contributed by atoms with E-state index in [1.54, 1.807) is 30.3 Å². The minimum Gasteiger partial charge on any atom is -0.481 e. The second-order valence-electron chi connectivity index (χ2n) is 4.07. The maximum Gasteiger partial charge on any atom is 0.313 e. The Morgan fingerprint density at radius 2 is 1.78 bits per heavy atom. The van der Waals surface area contributed by atoms with E-state index in [0.717, 1.165) is 0 Å². The first-order valence-electron chi connectivity index (χ1n) is 5.46. The first-order chi connectivity index (χ1) is 8.58. The third kappa shape index (κ3) is 2.48. The highest BCUT2D eigenvalue weighted by molar-refractivity contribution is 6.39. The molecule has 94 valence electrons. The molecule has 0 saturated carbocycles.